The normalized spacial score (nSPS) is 12.2. The van der Waals surface area contributed by atoms with Gasteiger partial charge in [0.05, 0.1) is 6.04 Å². The number of carbonyl (C=O) groups is 1. The van der Waals surface area contributed by atoms with Gasteiger partial charge in [-0.3, -0.25) is 4.79 Å². The fourth-order valence-corrected chi connectivity index (χ4v) is 2.71. The highest BCUT2D eigenvalue weighted by molar-refractivity contribution is 7.17. The Balaban J connectivity index is 2.02. The molecule has 1 unspecified atom stereocenters. The molecule has 1 atom stereocenters. The number of nitrogens with one attached hydrogen (secondary N) is 2. The van der Waals surface area contributed by atoms with Crippen LogP contribution in [-0.4, -0.2) is 28.1 Å². The van der Waals surface area contributed by atoms with Crippen LogP contribution in [0.15, 0.2) is 5.38 Å². The van der Waals surface area contributed by atoms with E-state index >= 15 is 0 Å². The van der Waals surface area contributed by atoms with Gasteiger partial charge in [-0.25, -0.2) is 4.98 Å². The smallest absolute Gasteiger partial charge is 0.282 e. The molecule has 2 heterocycles. The SMILES string of the molecule is CNc1nnc(C(=O)NC(C)c2nc(C)cs2)s1. The van der Waals surface area contributed by atoms with Crippen LogP contribution in [0.3, 0.4) is 0 Å². The van der Waals surface area contributed by atoms with Gasteiger partial charge in [-0.2, -0.15) is 0 Å². The van der Waals surface area contributed by atoms with Crippen LogP contribution in [0.25, 0.3) is 0 Å². The summed E-state index contributed by atoms with van der Waals surface area (Å²) in [6.07, 6.45) is 0. The Labute approximate surface area is 112 Å². The first-order valence-electron chi connectivity index (χ1n) is 5.34. The number of rotatable bonds is 4. The lowest BCUT2D eigenvalue weighted by Gasteiger charge is -2.08. The van der Waals surface area contributed by atoms with E-state index < -0.39 is 0 Å². The van der Waals surface area contributed by atoms with E-state index in [0.717, 1.165) is 10.7 Å². The third-order valence-corrected chi connectivity index (χ3v) is 4.27. The quantitative estimate of drug-likeness (QED) is 0.895. The summed E-state index contributed by atoms with van der Waals surface area (Å²) in [5.41, 5.74) is 0.962. The topological polar surface area (TPSA) is 79.8 Å². The van der Waals surface area contributed by atoms with Crippen molar-refractivity contribution in [2.75, 3.05) is 12.4 Å². The highest BCUT2D eigenvalue weighted by Crippen LogP contribution is 2.19. The number of thiazole rings is 1. The number of anilines is 1. The van der Waals surface area contributed by atoms with Crippen molar-refractivity contribution in [3.8, 4) is 0 Å². The van der Waals surface area contributed by atoms with Crippen LogP contribution in [0.4, 0.5) is 5.13 Å². The molecule has 0 saturated heterocycles. The lowest BCUT2D eigenvalue weighted by atomic mass is 10.3. The molecule has 96 valence electrons. The van der Waals surface area contributed by atoms with Crippen LogP contribution in [0.1, 0.15) is 33.5 Å². The summed E-state index contributed by atoms with van der Waals surface area (Å²) >= 11 is 2.75. The molecule has 2 aromatic rings. The Bertz CT molecular complexity index is 550. The number of aryl methyl sites for hydroxylation is 1. The maximum atomic E-state index is 11.9. The van der Waals surface area contributed by atoms with E-state index in [-0.39, 0.29) is 11.9 Å². The van der Waals surface area contributed by atoms with Gasteiger partial charge >= 0.3 is 0 Å². The van der Waals surface area contributed by atoms with Crippen molar-refractivity contribution in [3.05, 3.63) is 21.1 Å². The molecule has 0 spiro atoms. The minimum Gasteiger partial charge on any atom is -0.363 e. The summed E-state index contributed by atoms with van der Waals surface area (Å²) in [5.74, 6) is -0.227. The zero-order valence-electron chi connectivity index (χ0n) is 10.2. The maximum Gasteiger partial charge on any atom is 0.282 e. The van der Waals surface area contributed by atoms with Gasteiger partial charge in [0.15, 0.2) is 0 Å². The number of hydrogen-bond acceptors (Lipinski definition) is 7. The average molecular weight is 283 g/mol. The summed E-state index contributed by atoms with van der Waals surface area (Å²) in [5, 5.41) is 17.2. The molecule has 2 aromatic heterocycles. The highest BCUT2D eigenvalue weighted by atomic mass is 32.1. The van der Waals surface area contributed by atoms with Crippen LogP contribution in [0.2, 0.25) is 0 Å². The second-order valence-corrected chi connectivity index (χ2v) is 5.55. The van der Waals surface area contributed by atoms with E-state index in [2.05, 4.69) is 25.8 Å². The molecule has 0 aliphatic heterocycles. The second-order valence-electron chi connectivity index (χ2n) is 3.68. The van der Waals surface area contributed by atoms with Crippen LogP contribution >= 0.6 is 22.7 Å². The molecule has 0 radical (unpaired) electrons. The van der Waals surface area contributed by atoms with Crippen molar-refractivity contribution in [3.63, 3.8) is 0 Å². The zero-order valence-corrected chi connectivity index (χ0v) is 11.9. The van der Waals surface area contributed by atoms with Crippen molar-refractivity contribution in [2.24, 2.45) is 0 Å². The van der Waals surface area contributed by atoms with Crippen LogP contribution in [-0.2, 0) is 0 Å². The molecule has 2 N–H and O–H groups in total. The van der Waals surface area contributed by atoms with Crippen molar-refractivity contribution >= 4 is 33.7 Å². The molecule has 18 heavy (non-hydrogen) atoms. The zero-order chi connectivity index (χ0) is 13.1. The van der Waals surface area contributed by atoms with Gasteiger partial charge in [-0.1, -0.05) is 11.3 Å². The Kier molecular flexibility index (Phi) is 3.87. The predicted molar refractivity (Wildman–Crippen MR) is 72.2 cm³/mol. The largest absolute Gasteiger partial charge is 0.363 e. The third-order valence-electron chi connectivity index (χ3n) is 2.19. The number of nitrogens with zero attached hydrogens (tertiary/aromatic N) is 3. The molecule has 0 bridgehead atoms. The number of hydrogen-bond donors (Lipinski definition) is 2. The van der Waals surface area contributed by atoms with E-state index in [1.54, 1.807) is 7.05 Å². The van der Waals surface area contributed by atoms with E-state index in [1.165, 1.54) is 22.7 Å². The van der Waals surface area contributed by atoms with Gasteiger partial charge in [0, 0.05) is 18.1 Å². The van der Waals surface area contributed by atoms with Crippen molar-refractivity contribution in [1.29, 1.82) is 0 Å². The molecule has 0 fully saturated rings. The summed E-state index contributed by atoms with van der Waals surface area (Å²) in [6.45, 7) is 3.83. The fourth-order valence-electron chi connectivity index (χ4n) is 1.31. The van der Waals surface area contributed by atoms with Gasteiger partial charge in [-0.15, -0.1) is 21.5 Å². The Morgan fingerprint density at radius 2 is 2.22 bits per heavy atom. The van der Waals surface area contributed by atoms with Crippen molar-refractivity contribution in [1.82, 2.24) is 20.5 Å². The van der Waals surface area contributed by atoms with Gasteiger partial charge in [0.25, 0.3) is 5.91 Å². The number of amides is 1. The molecule has 0 saturated carbocycles. The molecule has 1 amide bonds. The first-order chi connectivity index (χ1) is 8.60. The van der Waals surface area contributed by atoms with Gasteiger partial charge in [0.2, 0.25) is 10.1 Å². The minimum absolute atomic E-state index is 0.127. The minimum atomic E-state index is -0.227. The summed E-state index contributed by atoms with van der Waals surface area (Å²) in [7, 11) is 1.74. The van der Waals surface area contributed by atoms with E-state index in [9.17, 15) is 4.79 Å². The van der Waals surface area contributed by atoms with Crippen LogP contribution in [0, 0.1) is 6.92 Å². The monoisotopic (exact) mass is 283 g/mol. The second kappa shape index (κ2) is 5.40. The average Bonchev–Trinajstić information content (AvgIpc) is 2.97. The third kappa shape index (κ3) is 2.82. The van der Waals surface area contributed by atoms with Gasteiger partial charge in [0.1, 0.15) is 5.01 Å². The summed E-state index contributed by atoms with van der Waals surface area (Å²) < 4.78 is 0. The first kappa shape index (κ1) is 12.9. The standard InChI is InChI=1S/C10H13N5OS2/c1-5-4-17-8(12-5)6(2)13-7(16)9-14-15-10(11-3)18-9/h4,6H,1-3H3,(H,11,15)(H,13,16). The Morgan fingerprint density at radius 1 is 1.44 bits per heavy atom. The molecule has 2 rings (SSSR count). The molecule has 0 aliphatic carbocycles. The predicted octanol–water partition coefficient (Wildman–Crippen LogP) is 1.84. The maximum absolute atomic E-state index is 11.9. The van der Waals surface area contributed by atoms with E-state index in [4.69, 9.17) is 0 Å². The highest BCUT2D eigenvalue weighted by Gasteiger charge is 2.17. The lowest BCUT2D eigenvalue weighted by Crippen LogP contribution is -2.26. The lowest BCUT2D eigenvalue weighted by molar-refractivity contribution is 0.0938. The molecular weight excluding hydrogens is 270 g/mol. The molecule has 0 aromatic carbocycles. The summed E-state index contributed by atoms with van der Waals surface area (Å²) in [6, 6.07) is -0.127. The fraction of sp³-hybridized carbons (Fsp3) is 0.400. The van der Waals surface area contributed by atoms with Gasteiger partial charge in [-0.05, 0) is 13.8 Å². The van der Waals surface area contributed by atoms with E-state index in [0.29, 0.717) is 10.1 Å². The summed E-state index contributed by atoms with van der Waals surface area (Å²) in [4.78, 5) is 16.2. The molecular formula is C10H13N5OS2. The van der Waals surface area contributed by atoms with Gasteiger partial charge < -0.3 is 10.6 Å². The Morgan fingerprint density at radius 3 is 2.78 bits per heavy atom. The molecule has 6 nitrogen and oxygen atoms in total. The Hall–Kier alpha value is -1.54. The van der Waals surface area contributed by atoms with Crippen LogP contribution in [0.5, 0.6) is 0 Å². The van der Waals surface area contributed by atoms with Crippen molar-refractivity contribution in [2.45, 2.75) is 19.9 Å². The molecule has 0 aliphatic rings. The molecule has 8 heteroatoms. The van der Waals surface area contributed by atoms with Crippen molar-refractivity contribution < 1.29 is 4.79 Å². The number of carbonyl (C=O) groups excluding carboxylic acids is 1. The van der Waals surface area contributed by atoms with E-state index in [1.807, 2.05) is 19.2 Å². The van der Waals surface area contributed by atoms with Crippen LogP contribution < -0.4 is 10.6 Å². The first-order valence-corrected chi connectivity index (χ1v) is 7.04. The number of aromatic nitrogens is 3.